The van der Waals surface area contributed by atoms with Gasteiger partial charge in [-0.25, -0.2) is 0 Å². The van der Waals surface area contributed by atoms with Crippen molar-refractivity contribution < 1.29 is 18.3 Å². The van der Waals surface area contributed by atoms with Crippen LogP contribution >= 0.6 is 11.8 Å². The number of benzene rings is 1. The van der Waals surface area contributed by atoms with E-state index in [-0.39, 0.29) is 18.8 Å². The van der Waals surface area contributed by atoms with Gasteiger partial charge in [-0.3, -0.25) is 4.98 Å². The van der Waals surface area contributed by atoms with E-state index in [2.05, 4.69) is 10.3 Å². The Morgan fingerprint density at radius 3 is 2.52 bits per heavy atom. The molecule has 0 saturated heterocycles. The number of hydrogen-bond donors (Lipinski definition) is 2. The molecule has 1 aromatic heterocycles. The molecular formula is C16H17F3N2OS. The van der Waals surface area contributed by atoms with Crippen LogP contribution in [0.15, 0.2) is 47.5 Å². The molecule has 0 bridgehead atoms. The average molecular weight is 342 g/mol. The molecule has 0 aliphatic heterocycles. The molecule has 3 nitrogen and oxygen atoms in total. The largest absolute Gasteiger partial charge is 0.418 e. The van der Waals surface area contributed by atoms with E-state index < -0.39 is 11.7 Å². The highest BCUT2D eigenvalue weighted by atomic mass is 32.2. The van der Waals surface area contributed by atoms with Crippen LogP contribution in [0.3, 0.4) is 0 Å². The molecule has 0 aliphatic carbocycles. The van der Waals surface area contributed by atoms with Gasteiger partial charge in [0.15, 0.2) is 0 Å². The van der Waals surface area contributed by atoms with E-state index in [1.54, 1.807) is 11.8 Å². The maximum atomic E-state index is 12.9. The van der Waals surface area contributed by atoms with Crippen molar-refractivity contribution in [2.45, 2.75) is 24.0 Å². The standard InChI is InChI=1S/C16H17F3N2OS/c17-16(18,19)14-3-1-8-20-15(14)11-21-12-4-6-13(7-5-12)23-10-2-9-22/h1,3-8,21-22H,2,9-11H2. The van der Waals surface area contributed by atoms with Gasteiger partial charge in [-0.05, 0) is 42.8 Å². The number of anilines is 1. The third-order valence-electron chi connectivity index (χ3n) is 3.08. The lowest BCUT2D eigenvalue weighted by molar-refractivity contribution is -0.138. The second kappa shape index (κ2) is 8.21. The number of nitrogens with one attached hydrogen (secondary N) is 1. The molecule has 0 aliphatic rings. The van der Waals surface area contributed by atoms with E-state index in [1.807, 2.05) is 24.3 Å². The Morgan fingerprint density at radius 1 is 1.13 bits per heavy atom. The van der Waals surface area contributed by atoms with Gasteiger partial charge in [0.25, 0.3) is 0 Å². The predicted octanol–water partition coefficient (Wildman–Crippen LogP) is 4.19. The van der Waals surface area contributed by atoms with E-state index >= 15 is 0 Å². The van der Waals surface area contributed by atoms with Crippen LogP contribution in [-0.4, -0.2) is 22.5 Å². The van der Waals surface area contributed by atoms with Gasteiger partial charge in [-0.15, -0.1) is 11.8 Å². The first-order valence-electron chi connectivity index (χ1n) is 7.09. The van der Waals surface area contributed by atoms with E-state index in [4.69, 9.17) is 5.11 Å². The minimum absolute atomic E-state index is 0.00663. The second-order valence-corrected chi connectivity index (χ2v) is 5.97. The fraction of sp³-hybridized carbons (Fsp3) is 0.312. The molecule has 2 aromatic rings. The van der Waals surface area contributed by atoms with Crippen LogP contribution in [0.2, 0.25) is 0 Å². The summed E-state index contributed by atoms with van der Waals surface area (Å²) >= 11 is 1.63. The lowest BCUT2D eigenvalue weighted by Crippen LogP contribution is -2.13. The highest BCUT2D eigenvalue weighted by Crippen LogP contribution is 2.31. The van der Waals surface area contributed by atoms with Crippen molar-refractivity contribution in [3.05, 3.63) is 53.9 Å². The fourth-order valence-electron chi connectivity index (χ4n) is 1.95. The first kappa shape index (κ1) is 17.6. The number of pyridine rings is 1. The lowest BCUT2D eigenvalue weighted by atomic mass is 10.2. The minimum Gasteiger partial charge on any atom is -0.396 e. The number of hydrogen-bond acceptors (Lipinski definition) is 4. The second-order valence-electron chi connectivity index (χ2n) is 4.80. The van der Waals surface area contributed by atoms with Gasteiger partial charge < -0.3 is 10.4 Å². The van der Waals surface area contributed by atoms with Crippen LogP contribution in [0.4, 0.5) is 18.9 Å². The molecular weight excluding hydrogens is 325 g/mol. The monoisotopic (exact) mass is 342 g/mol. The van der Waals surface area contributed by atoms with E-state index in [0.717, 1.165) is 28.8 Å². The topological polar surface area (TPSA) is 45.1 Å². The summed E-state index contributed by atoms with van der Waals surface area (Å²) in [6.07, 6.45) is -2.32. The number of aliphatic hydroxyl groups is 1. The molecule has 2 rings (SSSR count). The Kier molecular flexibility index (Phi) is 6.29. The molecule has 0 spiro atoms. The van der Waals surface area contributed by atoms with Gasteiger partial charge in [-0.2, -0.15) is 13.2 Å². The summed E-state index contributed by atoms with van der Waals surface area (Å²) in [6, 6.07) is 9.74. The van der Waals surface area contributed by atoms with Crippen LogP contribution in [0.25, 0.3) is 0 Å². The van der Waals surface area contributed by atoms with Crippen LogP contribution in [-0.2, 0) is 12.7 Å². The normalized spacial score (nSPS) is 11.5. The van der Waals surface area contributed by atoms with Gasteiger partial charge in [0, 0.05) is 29.1 Å². The van der Waals surface area contributed by atoms with Crippen LogP contribution in [0.5, 0.6) is 0 Å². The zero-order valence-electron chi connectivity index (χ0n) is 12.3. The zero-order valence-corrected chi connectivity index (χ0v) is 13.1. The molecule has 0 atom stereocenters. The molecule has 1 aromatic carbocycles. The maximum absolute atomic E-state index is 12.9. The van der Waals surface area contributed by atoms with Gasteiger partial charge in [0.1, 0.15) is 0 Å². The van der Waals surface area contributed by atoms with Gasteiger partial charge in [0.05, 0.1) is 17.8 Å². The molecule has 0 fully saturated rings. The van der Waals surface area contributed by atoms with E-state index in [0.29, 0.717) is 0 Å². The number of alkyl halides is 3. The highest BCUT2D eigenvalue weighted by Gasteiger charge is 2.33. The van der Waals surface area contributed by atoms with Crippen molar-refractivity contribution in [2.75, 3.05) is 17.7 Å². The fourth-order valence-corrected chi connectivity index (χ4v) is 2.78. The van der Waals surface area contributed by atoms with Crippen LogP contribution in [0.1, 0.15) is 17.7 Å². The van der Waals surface area contributed by atoms with Crippen molar-refractivity contribution in [2.24, 2.45) is 0 Å². The average Bonchev–Trinajstić information content (AvgIpc) is 2.54. The Bertz CT molecular complexity index is 617. The molecule has 2 N–H and O–H groups in total. The quantitative estimate of drug-likeness (QED) is 0.585. The van der Waals surface area contributed by atoms with Crippen LogP contribution < -0.4 is 5.32 Å². The predicted molar refractivity (Wildman–Crippen MR) is 85.4 cm³/mol. The molecule has 0 saturated carbocycles. The van der Waals surface area contributed by atoms with Crippen molar-refractivity contribution in [3.8, 4) is 0 Å². The molecule has 0 unspecified atom stereocenters. The van der Waals surface area contributed by atoms with Crippen molar-refractivity contribution in [1.29, 1.82) is 0 Å². The summed E-state index contributed by atoms with van der Waals surface area (Å²) < 4.78 is 38.7. The Morgan fingerprint density at radius 2 is 1.87 bits per heavy atom. The SMILES string of the molecule is OCCCSc1ccc(NCc2ncccc2C(F)(F)F)cc1. The number of nitrogens with zero attached hydrogens (tertiary/aromatic N) is 1. The molecule has 1 heterocycles. The Hall–Kier alpha value is -1.73. The third kappa shape index (κ3) is 5.44. The molecule has 7 heteroatoms. The maximum Gasteiger partial charge on any atom is 0.418 e. The van der Waals surface area contributed by atoms with Gasteiger partial charge >= 0.3 is 6.18 Å². The van der Waals surface area contributed by atoms with Crippen molar-refractivity contribution in [1.82, 2.24) is 4.98 Å². The Labute approximate surface area is 136 Å². The summed E-state index contributed by atoms with van der Waals surface area (Å²) in [7, 11) is 0. The van der Waals surface area contributed by atoms with Crippen molar-refractivity contribution in [3.63, 3.8) is 0 Å². The smallest absolute Gasteiger partial charge is 0.396 e. The summed E-state index contributed by atoms with van der Waals surface area (Å²) in [4.78, 5) is 4.87. The molecule has 124 valence electrons. The summed E-state index contributed by atoms with van der Waals surface area (Å²) in [5.74, 6) is 0.826. The van der Waals surface area contributed by atoms with E-state index in [9.17, 15) is 13.2 Å². The van der Waals surface area contributed by atoms with E-state index in [1.165, 1.54) is 12.3 Å². The molecule has 0 amide bonds. The van der Waals surface area contributed by atoms with Crippen molar-refractivity contribution >= 4 is 17.4 Å². The summed E-state index contributed by atoms with van der Waals surface area (Å²) in [5.41, 5.74) is -0.0136. The zero-order chi connectivity index (χ0) is 16.7. The number of aliphatic hydroxyl groups excluding tert-OH is 1. The van der Waals surface area contributed by atoms with Gasteiger partial charge in [-0.1, -0.05) is 0 Å². The lowest BCUT2D eigenvalue weighted by Gasteiger charge is -2.13. The molecule has 23 heavy (non-hydrogen) atoms. The first-order chi connectivity index (χ1) is 11.0. The number of thioether (sulfide) groups is 1. The number of rotatable bonds is 7. The number of halogens is 3. The minimum atomic E-state index is -4.40. The summed E-state index contributed by atoms with van der Waals surface area (Å²) in [6.45, 7) is 0.172. The Balaban J connectivity index is 1.96. The first-order valence-corrected chi connectivity index (χ1v) is 8.08. The van der Waals surface area contributed by atoms with Gasteiger partial charge in [0.2, 0.25) is 0 Å². The van der Waals surface area contributed by atoms with Crippen LogP contribution in [0, 0.1) is 0 Å². The molecule has 0 radical (unpaired) electrons. The third-order valence-corrected chi connectivity index (χ3v) is 4.18. The summed E-state index contributed by atoms with van der Waals surface area (Å²) in [5, 5.41) is 11.7. The number of aromatic nitrogens is 1. The highest BCUT2D eigenvalue weighted by molar-refractivity contribution is 7.99.